The summed E-state index contributed by atoms with van der Waals surface area (Å²) in [5.41, 5.74) is 0. The summed E-state index contributed by atoms with van der Waals surface area (Å²) in [6.07, 6.45) is 14.8. The van der Waals surface area contributed by atoms with Crippen LogP contribution in [-0.4, -0.2) is 6.29 Å². The van der Waals surface area contributed by atoms with Crippen LogP contribution in [0.25, 0.3) is 0 Å². The second-order valence-corrected chi connectivity index (χ2v) is 7.49. The van der Waals surface area contributed by atoms with E-state index in [-0.39, 0.29) is 0 Å². The van der Waals surface area contributed by atoms with Crippen LogP contribution in [0.4, 0.5) is 0 Å². The summed E-state index contributed by atoms with van der Waals surface area (Å²) >= 11 is 0. The Kier molecular flexibility index (Phi) is 5.91. The van der Waals surface area contributed by atoms with Crippen LogP contribution < -0.4 is 0 Å². The van der Waals surface area contributed by atoms with Gasteiger partial charge in [-0.05, 0) is 42.9 Å². The van der Waals surface area contributed by atoms with Gasteiger partial charge in [0.2, 0.25) is 0 Å². The van der Waals surface area contributed by atoms with Gasteiger partial charge in [0.05, 0.1) is 0 Å². The summed E-state index contributed by atoms with van der Waals surface area (Å²) in [4.78, 5) is 10.9. The fourth-order valence-electron chi connectivity index (χ4n) is 4.33. The fourth-order valence-corrected chi connectivity index (χ4v) is 4.33. The molecule has 5 unspecified atom stereocenters. The molecule has 1 nitrogen and oxygen atoms in total. The number of rotatable bonds is 5. The molecule has 0 radical (unpaired) electrons. The highest BCUT2D eigenvalue weighted by atomic mass is 16.1. The molecule has 2 fully saturated rings. The topological polar surface area (TPSA) is 17.1 Å². The Hall–Kier alpha value is -0.330. The van der Waals surface area contributed by atoms with Gasteiger partial charge in [-0.3, -0.25) is 0 Å². The van der Waals surface area contributed by atoms with Gasteiger partial charge in [0.1, 0.15) is 6.29 Å². The zero-order valence-corrected chi connectivity index (χ0v) is 12.9. The molecular formula is C18H32O. The van der Waals surface area contributed by atoms with Crippen LogP contribution in [-0.2, 0) is 4.79 Å². The van der Waals surface area contributed by atoms with Gasteiger partial charge in [0.15, 0.2) is 0 Å². The standard InChI is InChI=1S/C18H32O/c1-14-9-10-17(11-15(14)2)7-3-5-16-6-4-8-18(12-16)13-19/h13-18H,3-12H2,1-2H3. The monoisotopic (exact) mass is 264 g/mol. The lowest BCUT2D eigenvalue weighted by atomic mass is 9.73. The van der Waals surface area contributed by atoms with E-state index in [2.05, 4.69) is 13.8 Å². The zero-order valence-electron chi connectivity index (χ0n) is 12.9. The maximum absolute atomic E-state index is 10.9. The average Bonchev–Trinajstić information content (AvgIpc) is 2.43. The molecule has 19 heavy (non-hydrogen) atoms. The Balaban J connectivity index is 1.62. The summed E-state index contributed by atoms with van der Waals surface area (Å²) in [5, 5.41) is 0. The van der Waals surface area contributed by atoms with E-state index in [1.807, 2.05) is 0 Å². The van der Waals surface area contributed by atoms with Crippen LogP contribution in [0, 0.1) is 29.6 Å². The predicted octanol–water partition coefficient (Wildman–Crippen LogP) is 5.23. The van der Waals surface area contributed by atoms with E-state index in [4.69, 9.17) is 0 Å². The molecule has 0 spiro atoms. The number of carbonyl (C=O) groups excluding carboxylic acids is 1. The predicted molar refractivity (Wildman–Crippen MR) is 81.0 cm³/mol. The molecule has 0 aliphatic heterocycles. The minimum atomic E-state index is 0.384. The van der Waals surface area contributed by atoms with Gasteiger partial charge >= 0.3 is 0 Å². The van der Waals surface area contributed by atoms with E-state index in [0.29, 0.717) is 5.92 Å². The normalized spacial score (nSPS) is 40.0. The minimum absolute atomic E-state index is 0.384. The second-order valence-electron chi connectivity index (χ2n) is 7.49. The number of hydrogen-bond acceptors (Lipinski definition) is 1. The molecule has 2 saturated carbocycles. The van der Waals surface area contributed by atoms with Crippen molar-refractivity contribution in [1.29, 1.82) is 0 Å². The average molecular weight is 264 g/mol. The number of aldehydes is 1. The largest absolute Gasteiger partial charge is 0.303 e. The van der Waals surface area contributed by atoms with Gasteiger partial charge in [-0.25, -0.2) is 0 Å². The molecule has 0 amide bonds. The van der Waals surface area contributed by atoms with Crippen LogP contribution in [0.2, 0.25) is 0 Å². The molecule has 0 saturated heterocycles. The highest BCUT2D eigenvalue weighted by Gasteiger charge is 2.25. The van der Waals surface area contributed by atoms with E-state index in [1.54, 1.807) is 0 Å². The minimum Gasteiger partial charge on any atom is -0.303 e. The van der Waals surface area contributed by atoms with Crippen molar-refractivity contribution in [2.24, 2.45) is 29.6 Å². The number of hydrogen-bond donors (Lipinski definition) is 0. The van der Waals surface area contributed by atoms with Gasteiger partial charge in [0, 0.05) is 5.92 Å². The quantitative estimate of drug-likeness (QED) is 0.621. The Labute approximate surface area is 119 Å². The maximum atomic E-state index is 10.9. The van der Waals surface area contributed by atoms with Crippen molar-refractivity contribution in [2.75, 3.05) is 0 Å². The van der Waals surface area contributed by atoms with Gasteiger partial charge in [-0.15, -0.1) is 0 Å². The Morgan fingerprint density at radius 1 is 0.895 bits per heavy atom. The molecule has 2 aliphatic carbocycles. The van der Waals surface area contributed by atoms with Crippen molar-refractivity contribution in [3.05, 3.63) is 0 Å². The molecule has 0 aromatic rings. The van der Waals surface area contributed by atoms with E-state index in [1.165, 1.54) is 64.1 Å². The van der Waals surface area contributed by atoms with Crippen LogP contribution in [0.1, 0.15) is 78.1 Å². The van der Waals surface area contributed by atoms with E-state index < -0.39 is 0 Å². The van der Waals surface area contributed by atoms with Crippen LogP contribution in [0.3, 0.4) is 0 Å². The van der Waals surface area contributed by atoms with Gasteiger partial charge in [-0.2, -0.15) is 0 Å². The van der Waals surface area contributed by atoms with Crippen molar-refractivity contribution in [3.8, 4) is 0 Å². The lowest BCUT2D eigenvalue weighted by molar-refractivity contribution is -0.112. The van der Waals surface area contributed by atoms with Crippen LogP contribution >= 0.6 is 0 Å². The molecular weight excluding hydrogens is 232 g/mol. The van der Waals surface area contributed by atoms with Crippen molar-refractivity contribution in [3.63, 3.8) is 0 Å². The van der Waals surface area contributed by atoms with Crippen LogP contribution in [0.5, 0.6) is 0 Å². The molecule has 2 aliphatic rings. The lowest BCUT2D eigenvalue weighted by Gasteiger charge is -2.32. The smallest absolute Gasteiger partial charge is 0.123 e. The summed E-state index contributed by atoms with van der Waals surface area (Å²) in [6, 6.07) is 0. The SMILES string of the molecule is CC1CCC(CCCC2CCCC(C=O)C2)CC1C. The molecule has 2 rings (SSSR count). The van der Waals surface area contributed by atoms with Gasteiger partial charge < -0.3 is 4.79 Å². The first-order valence-corrected chi connectivity index (χ1v) is 8.64. The Morgan fingerprint density at radius 3 is 2.32 bits per heavy atom. The van der Waals surface area contributed by atoms with Crippen molar-refractivity contribution < 1.29 is 4.79 Å². The second kappa shape index (κ2) is 7.45. The van der Waals surface area contributed by atoms with Gasteiger partial charge in [-0.1, -0.05) is 58.8 Å². The molecule has 0 aromatic heterocycles. The van der Waals surface area contributed by atoms with Crippen LogP contribution in [0.15, 0.2) is 0 Å². The summed E-state index contributed by atoms with van der Waals surface area (Å²) < 4.78 is 0. The molecule has 1 heteroatoms. The molecule has 110 valence electrons. The molecule has 0 N–H and O–H groups in total. The molecule has 0 heterocycles. The zero-order chi connectivity index (χ0) is 13.7. The summed E-state index contributed by atoms with van der Waals surface area (Å²) in [5.74, 6) is 4.12. The third kappa shape index (κ3) is 4.61. The van der Waals surface area contributed by atoms with Crippen molar-refractivity contribution in [1.82, 2.24) is 0 Å². The maximum Gasteiger partial charge on any atom is 0.123 e. The Bertz CT molecular complexity index is 273. The van der Waals surface area contributed by atoms with E-state index in [0.717, 1.165) is 30.1 Å². The third-order valence-electron chi connectivity index (χ3n) is 5.95. The highest BCUT2D eigenvalue weighted by molar-refractivity contribution is 5.53. The summed E-state index contributed by atoms with van der Waals surface area (Å²) in [7, 11) is 0. The Morgan fingerprint density at radius 2 is 1.63 bits per heavy atom. The third-order valence-corrected chi connectivity index (χ3v) is 5.95. The fraction of sp³-hybridized carbons (Fsp3) is 0.944. The highest BCUT2D eigenvalue weighted by Crippen LogP contribution is 2.37. The van der Waals surface area contributed by atoms with E-state index in [9.17, 15) is 4.79 Å². The van der Waals surface area contributed by atoms with E-state index >= 15 is 0 Å². The molecule has 0 aromatic carbocycles. The van der Waals surface area contributed by atoms with Gasteiger partial charge in [0.25, 0.3) is 0 Å². The van der Waals surface area contributed by atoms with Crippen molar-refractivity contribution >= 4 is 6.29 Å². The molecule has 0 bridgehead atoms. The molecule has 5 atom stereocenters. The summed E-state index contributed by atoms with van der Waals surface area (Å²) in [6.45, 7) is 4.86. The number of carbonyl (C=O) groups is 1. The first kappa shape index (κ1) is 15.1. The first-order valence-electron chi connectivity index (χ1n) is 8.64. The lowest BCUT2D eigenvalue weighted by Crippen LogP contribution is -2.21. The van der Waals surface area contributed by atoms with Crippen molar-refractivity contribution in [2.45, 2.75) is 78.1 Å². The first-order chi connectivity index (χ1) is 9.19.